The lowest BCUT2D eigenvalue weighted by Crippen LogP contribution is -2.46. The minimum absolute atomic E-state index is 0.157. The number of nitrogens with one attached hydrogen (secondary N) is 1. The number of hydrogen-bond acceptors (Lipinski definition) is 8. The van der Waals surface area contributed by atoms with E-state index in [1.807, 2.05) is 37.5 Å². The lowest BCUT2D eigenvalue weighted by molar-refractivity contribution is -0.126. The van der Waals surface area contributed by atoms with Gasteiger partial charge in [0.2, 0.25) is 5.91 Å². The molecule has 1 amide bonds. The molecule has 3 heterocycles. The van der Waals surface area contributed by atoms with E-state index in [4.69, 9.17) is 15.1 Å². The third-order valence-electron chi connectivity index (χ3n) is 8.08. The first-order valence-corrected chi connectivity index (χ1v) is 14.0. The van der Waals surface area contributed by atoms with Crippen molar-refractivity contribution >= 4 is 34.7 Å². The van der Waals surface area contributed by atoms with Gasteiger partial charge in [0.1, 0.15) is 12.4 Å². The van der Waals surface area contributed by atoms with E-state index in [1.54, 1.807) is 11.9 Å². The highest BCUT2D eigenvalue weighted by molar-refractivity contribution is 5.98. The van der Waals surface area contributed by atoms with Gasteiger partial charge in [0.05, 0.1) is 36.3 Å². The van der Waals surface area contributed by atoms with Crippen LogP contribution in [0.25, 0.3) is 10.9 Å². The lowest BCUT2D eigenvalue weighted by atomic mass is 10.0. The monoisotopic (exact) mass is 556 g/mol. The van der Waals surface area contributed by atoms with Crippen LogP contribution in [0.4, 0.5) is 5.69 Å². The number of para-hydroxylation sites is 1. The minimum Gasteiger partial charge on any atom is -0.481 e. The molecule has 216 valence electrons. The second-order valence-corrected chi connectivity index (χ2v) is 10.7. The van der Waals surface area contributed by atoms with E-state index in [0.717, 1.165) is 40.8 Å². The van der Waals surface area contributed by atoms with Crippen LogP contribution in [0.1, 0.15) is 25.7 Å². The zero-order valence-corrected chi connectivity index (χ0v) is 24.3. The number of ether oxygens (including phenoxy) is 1. The van der Waals surface area contributed by atoms with Crippen LogP contribution in [-0.2, 0) is 9.53 Å². The standard InChI is InChI=1S/C31H40N8O2/c1-5-30(40)38(4)23(12-15-32)19-37(3)31(33)26-14-18-39(29-13-16-34-27-11-7-6-10-25(27)29)20-28(26)35-22-41-21-24-9-8-17-36(24)2/h5-7,10-11,13,16,22-24,33H,1,8-9,12,14,17-21H2,2-4H3/b33-31?,35-22+/t23?,24-/m0/s1. The molecule has 10 heteroatoms. The van der Waals surface area contributed by atoms with E-state index in [0.29, 0.717) is 44.5 Å². The predicted molar refractivity (Wildman–Crippen MR) is 163 cm³/mol. The number of likely N-dealkylation sites (N-methyl/N-ethyl adjacent to an activating group) is 3. The van der Waals surface area contributed by atoms with E-state index in [1.165, 1.54) is 23.8 Å². The summed E-state index contributed by atoms with van der Waals surface area (Å²) in [7, 11) is 5.60. The number of fused-ring (bicyclic) bond motifs is 1. The summed E-state index contributed by atoms with van der Waals surface area (Å²) in [4.78, 5) is 29.4. The van der Waals surface area contributed by atoms with Crippen molar-refractivity contribution in [2.45, 2.75) is 37.8 Å². The molecule has 1 aromatic carbocycles. The molecule has 2 aromatic rings. The molecule has 1 N–H and O–H groups in total. The molecule has 1 saturated heterocycles. The number of likely N-dealkylation sites (tertiary alicyclic amines) is 1. The molecule has 0 radical (unpaired) electrons. The van der Waals surface area contributed by atoms with Crippen LogP contribution in [0, 0.1) is 16.7 Å². The molecule has 0 saturated carbocycles. The summed E-state index contributed by atoms with van der Waals surface area (Å²) in [5, 5.41) is 19.5. The third-order valence-corrected chi connectivity index (χ3v) is 8.08. The van der Waals surface area contributed by atoms with Crippen molar-refractivity contribution < 1.29 is 9.53 Å². The zero-order valence-electron chi connectivity index (χ0n) is 24.3. The van der Waals surface area contributed by atoms with Crippen molar-refractivity contribution in [1.29, 1.82) is 10.7 Å². The maximum atomic E-state index is 12.2. The Hall–Kier alpha value is -4.23. The quantitative estimate of drug-likeness (QED) is 0.255. The summed E-state index contributed by atoms with van der Waals surface area (Å²) >= 11 is 0. The van der Waals surface area contributed by atoms with Crippen molar-refractivity contribution in [2.24, 2.45) is 4.99 Å². The van der Waals surface area contributed by atoms with Gasteiger partial charge >= 0.3 is 0 Å². The molecule has 2 aliphatic rings. The highest BCUT2D eigenvalue weighted by Crippen LogP contribution is 2.30. The fraction of sp³-hybridized carbons (Fsp3) is 0.452. The average molecular weight is 557 g/mol. The molecule has 0 spiro atoms. The molecule has 2 atom stereocenters. The summed E-state index contributed by atoms with van der Waals surface area (Å²) < 4.78 is 5.89. The Morgan fingerprint density at radius 2 is 2.15 bits per heavy atom. The van der Waals surface area contributed by atoms with Crippen LogP contribution in [0.3, 0.4) is 0 Å². The summed E-state index contributed by atoms with van der Waals surface area (Å²) in [6, 6.07) is 12.3. The Kier molecular flexibility index (Phi) is 10.1. The van der Waals surface area contributed by atoms with Crippen LogP contribution in [0.5, 0.6) is 0 Å². The lowest BCUT2D eigenvalue weighted by Gasteiger charge is -2.35. The molecule has 10 nitrogen and oxygen atoms in total. The molecule has 1 aromatic heterocycles. The molecule has 41 heavy (non-hydrogen) atoms. The molecule has 2 aliphatic heterocycles. The number of pyridine rings is 1. The van der Waals surface area contributed by atoms with Crippen LogP contribution >= 0.6 is 0 Å². The van der Waals surface area contributed by atoms with Gasteiger partial charge in [0, 0.05) is 56.1 Å². The molecule has 1 unspecified atom stereocenters. The Morgan fingerprint density at radius 1 is 1.34 bits per heavy atom. The second kappa shape index (κ2) is 13.9. The molecule has 0 bridgehead atoms. The fourth-order valence-corrected chi connectivity index (χ4v) is 5.52. The van der Waals surface area contributed by atoms with E-state index < -0.39 is 0 Å². The number of benzene rings is 1. The Balaban J connectivity index is 1.58. The Morgan fingerprint density at radius 3 is 2.88 bits per heavy atom. The number of hydrogen-bond donors (Lipinski definition) is 1. The maximum Gasteiger partial charge on any atom is 0.246 e. The Bertz CT molecular complexity index is 1360. The topological polar surface area (TPSA) is 112 Å². The van der Waals surface area contributed by atoms with Gasteiger partial charge in [-0.25, -0.2) is 4.99 Å². The number of nitrogens with zero attached hydrogens (tertiary/aromatic N) is 7. The van der Waals surface area contributed by atoms with Crippen LogP contribution in [-0.4, -0.2) is 104 Å². The molecule has 1 fully saturated rings. The summed E-state index contributed by atoms with van der Waals surface area (Å²) in [5.41, 5.74) is 3.60. The van der Waals surface area contributed by atoms with Crippen LogP contribution in [0.15, 0.2) is 65.4 Å². The number of amides is 1. The molecule has 4 rings (SSSR count). The average Bonchev–Trinajstić information content (AvgIpc) is 3.41. The van der Waals surface area contributed by atoms with Gasteiger partial charge in [-0.05, 0) is 51.1 Å². The van der Waals surface area contributed by atoms with E-state index in [2.05, 4.69) is 40.5 Å². The molecular weight excluding hydrogens is 516 g/mol. The molecular formula is C31H40N8O2. The van der Waals surface area contributed by atoms with Gasteiger partial charge < -0.3 is 24.3 Å². The van der Waals surface area contributed by atoms with Crippen LogP contribution in [0.2, 0.25) is 0 Å². The predicted octanol–water partition coefficient (Wildman–Crippen LogP) is 3.67. The number of aliphatic imine (C=N–C) groups is 1. The van der Waals surface area contributed by atoms with Crippen molar-refractivity contribution in [2.75, 3.05) is 58.8 Å². The first-order valence-electron chi connectivity index (χ1n) is 14.0. The number of carbonyl (C=O) groups is 1. The maximum absolute atomic E-state index is 12.2. The third kappa shape index (κ3) is 7.11. The zero-order chi connectivity index (χ0) is 29.4. The van der Waals surface area contributed by atoms with E-state index in [-0.39, 0.29) is 18.4 Å². The van der Waals surface area contributed by atoms with Crippen molar-refractivity contribution in [3.05, 3.63) is 60.5 Å². The van der Waals surface area contributed by atoms with Gasteiger partial charge in [0.25, 0.3) is 0 Å². The SMILES string of the molecule is C=CC(=O)N(C)C(CC#N)CN(C)C(=N)C1=C(/N=C/OC[C@@H]2CCCN2C)CN(c2ccnc3ccccc23)CC1. The van der Waals surface area contributed by atoms with Gasteiger partial charge in [-0.2, -0.15) is 5.26 Å². The first kappa shape index (κ1) is 29.7. The highest BCUT2D eigenvalue weighted by Gasteiger charge is 2.27. The Labute approximate surface area is 242 Å². The number of carbonyl (C=O) groups excluding carboxylic acids is 1. The molecule has 0 aliphatic carbocycles. The van der Waals surface area contributed by atoms with Crippen LogP contribution < -0.4 is 4.90 Å². The number of nitriles is 1. The van der Waals surface area contributed by atoms with E-state index >= 15 is 0 Å². The number of amidine groups is 1. The first-order chi connectivity index (χ1) is 19.8. The normalized spacial score (nSPS) is 18.4. The second-order valence-electron chi connectivity index (χ2n) is 10.7. The van der Waals surface area contributed by atoms with E-state index in [9.17, 15) is 10.1 Å². The smallest absolute Gasteiger partial charge is 0.246 e. The van der Waals surface area contributed by atoms with Gasteiger partial charge in [-0.15, -0.1) is 0 Å². The van der Waals surface area contributed by atoms with Gasteiger partial charge in [-0.3, -0.25) is 15.2 Å². The van der Waals surface area contributed by atoms with Crippen molar-refractivity contribution in [3.8, 4) is 6.07 Å². The number of anilines is 1. The van der Waals surface area contributed by atoms with Crippen molar-refractivity contribution in [1.82, 2.24) is 19.7 Å². The summed E-state index contributed by atoms with van der Waals surface area (Å²) in [6.07, 6.45) is 7.66. The van der Waals surface area contributed by atoms with Gasteiger partial charge in [-0.1, -0.05) is 24.8 Å². The largest absolute Gasteiger partial charge is 0.481 e. The number of rotatable bonds is 11. The van der Waals surface area contributed by atoms with Gasteiger partial charge in [0.15, 0.2) is 6.40 Å². The summed E-state index contributed by atoms with van der Waals surface area (Å²) in [6.45, 7) is 6.79. The fourth-order valence-electron chi connectivity index (χ4n) is 5.52. The number of aromatic nitrogens is 1. The minimum atomic E-state index is -0.376. The summed E-state index contributed by atoms with van der Waals surface area (Å²) in [5.74, 6) is 0.0759. The highest BCUT2D eigenvalue weighted by atomic mass is 16.5. The van der Waals surface area contributed by atoms with Crippen molar-refractivity contribution in [3.63, 3.8) is 0 Å².